The number of aromatic nitrogens is 2. The number of carbonyl (C=O) groups excluding carboxylic acids is 1. The number of aryl methyl sites for hydroxylation is 2. The van der Waals surface area contributed by atoms with Crippen LogP contribution in [0, 0.1) is 0 Å². The minimum Gasteiger partial charge on any atom is -0.371 e. The number of hydrogen-bond donors (Lipinski definition) is 0. The predicted octanol–water partition coefficient (Wildman–Crippen LogP) is 1.74. The van der Waals surface area contributed by atoms with Crippen molar-refractivity contribution >= 4 is 5.78 Å². The molecule has 0 aliphatic carbocycles. The molecule has 0 aromatic carbocycles. The van der Waals surface area contributed by atoms with Crippen LogP contribution in [0.25, 0.3) is 0 Å². The van der Waals surface area contributed by atoms with Crippen molar-refractivity contribution in [3.8, 4) is 0 Å². The van der Waals surface area contributed by atoms with E-state index in [9.17, 15) is 4.79 Å². The van der Waals surface area contributed by atoms with Crippen LogP contribution in [0.3, 0.4) is 0 Å². The highest BCUT2D eigenvalue weighted by molar-refractivity contribution is 5.83. The van der Waals surface area contributed by atoms with E-state index in [2.05, 4.69) is 5.10 Å². The van der Waals surface area contributed by atoms with Gasteiger partial charge in [0.2, 0.25) is 0 Å². The fourth-order valence-corrected chi connectivity index (χ4v) is 1.70. The quantitative estimate of drug-likeness (QED) is 0.708. The Bertz CT molecular complexity index is 334. The average Bonchev–Trinajstić information content (AvgIpc) is 2.68. The minimum absolute atomic E-state index is 0.186. The Morgan fingerprint density at radius 3 is 2.81 bits per heavy atom. The van der Waals surface area contributed by atoms with Crippen LogP contribution in [0.1, 0.15) is 32.4 Å². The minimum atomic E-state index is -0.238. The van der Waals surface area contributed by atoms with E-state index in [-0.39, 0.29) is 11.9 Å². The topological polar surface area (TPSA) is 44.1 Å². The van der Waals surface area contributed by atoms with E-state index in [1.54, 1.807) is 10.9 Å². The molecule has 1 unspecified atom stereocenters. The van der Waals surface area contributed by atoms with Gasteiger partial charge >= 0.3 is 0 Å². The highest BCUT2D eigenvalue weighted by Gasteiger charge is 2.16. The Kier molecular flexibility index (Phi) is 5.19. The molecule has 0 aliphatic heterocycles. The predicted molar refractivity (Wildman–Crippen MR) is 62.2 cm³/mol. The van der Waals surface area contributed by atoms with Crippen LogP contribution >= 0.6 is 0 Å². The summed E-state index contributed by atoms with van der Waals surface area (Å²) >= 11 is 0. The molecule has 90 valence electrons. The van der Waals surface area contributed by atoms with E-state index in [1.165, 1.54) is 0 Å². The Morgan fingerprint density at radius 1 is 1.56 bits per heavy atom. The van der Waals surface area contributed by atoms with Gasteiger partial charge in [-0.2, -0.15) is 5.10 Å². The van der Waals surface area contributed by atoms with Crippen molar-refractivity contribution < 1.29 is 9.53 Å². The lowest BCUT2D eigenvalue weighted by atomic mass is 10.1. The SMILES string of the molecule is CCOC(CC)C(=O)CCc1ccnn1C. The smallest absolute Gasteiger partial charge is 0.161 e. The second-order valence-corrected chi connectivity index (χ2v) is 3.76. The molecule has 1 aromatic rings. The second kappa shape index (κ2) is 6.43. The molecule has 0 bridgehead atoms. The van der Waals surface area contributed by atoms with Gasteiger partial charge in [0, 0.05) is 32.0 Å². The molecule has 0 saturated carbocycles. The highest BCUT2D eigenvalue weighted by Crippen LogP contribution is 2.07. The number of ketones is 1. The summed E-state index contributed by atoms with van der Waals surface area (Å²) in [7, 11) is 1.89. The van der Waals surface area contributed by atoms with E-state index >= 15 is 0 Å². The Morgan fingerprint density at radius 2 is 2.31 bits per heavy atom. The lowest BCUT2D eigenvalue weighted by Gasteiger charge is -2.13. The van der Waals surface area contributed by atoms with Crippen LogP contribution in [0.15, 0.2) is 12.3 Å². The van der Waals surface area contributed by atoms with Crippen molar-refractivity contribution in [2.24, 2.45) is 7.05 Å². The summed E-state index contributed by atoms with van der Waals surface area (Å²) in [6.45, 7) is 4.48. The maximum Gasteiger partial charge on any atom is 0.161 e. The molecule has 1 atom stereocenters. The van der Waals surface area contributed by atoms with Crippen molar-refractivity contribution in [3.63, 3.8) is 0 Å². The third-order valence-electron chi connectivity index (χ3n) is 2.65. The molecule has 1 aromatic heterocycles. The molecule has 0 amide bonds. The maximum absolute atomic E-state index is 11.8. The Balaban J connectivity index is 2.42. The maximum atomic E-state index is 11.8. The van der Waals surface area contributed by atoms with Gasteiger partial charge in [0.1, 0.15) is 6.10 Å². The van der Waals surface area contributed by atoms with Crippen LogP contribution in [-0.2, 0) is 23.0 Å². The summed E-state index contributed by atoms with van der Waals surface area (Å²) in [5.74, 6) is 0.186. The van der Waals surface area contributed by atoms with Gasteiger partial charge in [-0.15, -0.1) is 0 Å². The molecular formula is C12H20N2O2. The third kappa shape index (κ3) is 3.45. The first kappa shape index (κ1) is 12.9. The standard InChI is InChI=1S/C12H20N2O2/c1-4-12(16-5-2)11(15)7-6-10-8-9-13-14(10)3/h8-9,12H,4-7H2,1-3H3. The molecule has 1 rings (SSSR count). The van der Waals surface area contributed by atoms with Gasteiger partial charge in [-0.1, -0.05) is 6.92 Å². The summed E-state index contributed by atoms with van der Waals surface area (Å²) in [6, 6.07) is 1.94. The van der Waals surface area contributed by atoms with Gasteiger partial charge < -0.3 is 4.74 Å². The average molecular weight is 224 g/mol. The summed E-state index contributed by atoms with van der Waals surface area (Å²) < 4.78 is 7.18. The number of nitrogens with zero attached hydrogens (tertiary/aromatic N) is 2. The molecule has 0 saturated heterocycles. The van der Waals surface area contributed by atoms with Crippen LogP contribution in [-0.4, -0.2) is 28.3 Å². The molecule has 1 heterocycles. The van der Waals surface area contributed by atoms with Crippen LogP contribution < -0.4 is 0 Å². The van der Waals surface area contributed by atoms with Crippen LogP contribution in [0.2, 0.25) is 0 Å². The fraction of sp³-hybridized carbons (Fsp3) is 0.667. The van der Waals surface area contributed by atoms with Crippen molar-refractivity contribution in [3.05, 3.63) is 18.0 Å². The van der Waals surface area contributed by atoms with E-state index in [0.717, 1.165) is 18.5 Å². The first-order chi connectivity index (χ1) is 7.69. The highest BCUT2D eigenvalue weighted by atomic mass is 16.5. The lowest BCUT2D eigenvalue weighted by Crippen LogP contribution is -2.24. The van der Waals surface area contributed by atoms with Crippen molar-refractivity contribution in [1.29, 1.82) is 0 Å². The first-order valence-electron chi connectivity index (χ1n) is 5.80. The van der Waals surface area contributed by atoms with Gasteiger partial charge in [0.15, 0.2) is 5.78 Å². The van der Waals surface area contributed by atoms with Crippen LogP contribution in [0.4, 0.5) is 0 Å². The third-order valence-corrected chi connectivity index (χ3v) is 2.65. The summed E-state index contributed by atoms with van der Waals surface area (Å²) in [6.07, 6.45) is 3.52. The van der Waals surface area contributed by atoms with Crippen molar-refractivity contribution in [2.75, 3.05) is 6.61 Å². The van der Waals surface area contributed by atoms with Gasteiger partial charge in [0.25, 0.3) is 0 Å². The van der Waals surface area contributed by atoms with Crippen LogP contribution in [0.5, 0.6) is 0 Å². The Labute approximate surface area is 96.6 Å². The molecule has 4 nitrogen and oxygen atoms in total. The second-order valence-electron chi connectivity index (χ2n) is 3.76. The molecule has 0 aliphatic rings. The largest absolute Gasteiger partial charge is 0.371 e. The monoisotopic (exact) mass is 224 g/mol. The van der Waals surface area contributed by atoms with Gasteiger partial charge in [-0.3, -0.25) is 9.48 Å². The number of carbonyl (C=O) groups is 1. The van der Waals surface area contributed by atoms with E-state index < -0.39 is 0 Å². The summed E-state index contributed by atoms with van der Waals surface area (Å²) in [4.78, 5) is 11.8. The molecule has 0 N–H and O–H groups in total. The first-order valence-corrected chi connectivity index (χ1v) is 5.80. The number of rotatable bonds is 7. The van der Waals surface area contributed by atoms with Crippen molar-refractivity contribution in [1.82, 2.24) is 9.78 Å². The summed E-state index contributed by atoms with van der Waals surface area (Å²) in [5.41, 5.74) is 1.08. The molecule has 16 heavy (non-hydrogen) atoms. The van der Waals surface area contributed by atoms with Gasteiger partial charge in [0.05, 0.1) is 0 Å². The number of ether oxygens (including phenoxy) is 1. The zero-order valence-corrected chi connectivity index (χ0v) is 10.3. The molecule has 4 heteroatoms. The lowest BCUT2D eigenvalue weighted by molar-refractivity contribution is -0.130. The molecule has 0 radical (unpaired) electrons. The van der Waals surface area contributed by atoms with E-state index in [0.29, 0.717) is 13.0 Å². The van der Waals surface area contributed by atoms with Gasteiger partial charge in [-0.05, 0) is 25.8 Å². The molecule has 0 fully saturated rings. The molecular weight excluding hydrogens is 204 g/mol. The Hall–Kier alpha value is -1.16. The van der Waals surface area contributed by atoms with Crippen molar-refractivity contribution in [2.45, 2.75) is 39.2 Å². The van der Waals surface area contributed by atoms with E-state index in [4.69, 9.17) is 4.74 Å². The molecule has 0 spiro atoms. The number of Topliss-reactive ketones (excluding diaryl/α,β-unsaturated/α-hetero) is 1. The number of hydrogen-bond acceptors (Lipinski definition) is 3. The fourth-order valence-electron chi connectivity index (χ4n) is 1.70. The van der Waals surface area contributed by atoms with E-state index in [1.807, 2.05) is 27.0 Å². The zero-order chi connectivity index (χ0) is 12.0. The van der Waals surface area contributed by atoms with Gasteiger partial charge in [-0.25, -0.2) is 0 Å². The normalized spacial score (nSPS) is 12.7. The zero-order valence-electron chi connectivity index (χ0n) is 10.3. The summed E-state index contributed by atoms with van der Waals surface area (Å²) in [5, 5.41) is 4.07.